The maximum Gasteiger partial charge on any atom is 0.158 e. The molecule has 0 amide bonds. The zero-order valence-corrected chi connectivity index (χ0v) is 14.0. The van der Waals surface area contributed by atoms with Crippen LogP contribution in [-0.4, -0.2) is 5.66 Å². The van der Waals surface area contributed by atoms with Gasteiger partial charge in [0.2, 0.25) is 0 Å². The van der Waals surface area contributed by atoms with Gasteiger partial charge in [-0.05, 0) is 40.3 Å². The summed E-state index contributed by atoms with van der Waals surface area (Å²) >= 11 is 0. The maximum absolute atomic E-state index is 11.0. The predicted molar refractivity (Wildman–Crippen MR) is 98.1 cm³/mol. The molecule has 0 aromatic heterocycles. The second-order valence-corrected chi connectivity index (χ2v) is 6.90. The summed E-state index contributed by atoms with van der Waals surface area (Å²) in [5, 5.41) is 0. The monoisotopic (exact) mass is 318 g/mol. The summed E-state index contributed by atoms with van der Waals surface area (Å²) < 4.78 is 11.0. The van der Waals surface area contributed by atoms with Crippen LogP contribution < -0.4 is 0 Å². The van der Waals surface area contributed by atoms with E-state index in [9.17, 15) is 4.57 Å². The Morgan fingerprint density at radius 3 is 2.00 bits per heavy atom. The third-order valence-corrected chi connectivity index (χ3v) is 4.48. The van der Waals surface area contributed by atoms with Gasteiger partial charge in [0.15, 0.2) is 8.46 Å². The van der Waals surface area contributed by atoms with Gasteiger partial charge in [0.1, 0.15) is 0 Å². The summed E-state index contributed by atoms with van der Waals surface area (Å²) in [4.78, 5) is 0. The molecular weight excluding hydrogens is 299 g/mol. The van der Waals surface area contributed by atoms with Gasteiger partial charge in [-0.1, -0.05) is 79.7 Å². The van der Waals surface area contributed by atoms with E-state index in [-0.39, 0.29) is 14.1 Å². The highest BCUT2D eigenvalue weighted by atomic mass is 31.1. The van der Waals surface area contributed by atoms with Crippen molar-refractivity contribution in [2.75, 3.05) is 0 Å². The number of hydrogen-bond acceptors (Lipinski definition) is 1. The van der Waals surface area contributed by atoms with Crippen molar-refractivity contribution in [3.63, 3.8) is 0 Å². The van der Waals surface area contributed by atoms with Crippen LogP contribution in [0.1, 0.15) is 12.5 Å². The van der Waals surface area contributed by atoms with Crippen molar-refractivity contribution in [2.24, 2.45) is 0 Å². The summed E-state index contributed by atoms with van der Waals surface area (Å²) in [6, 6.07) is 27.5. The first-order chi connectivity index (χ1) is 11.3. The summed E-state index contributed by atoms with van der Waals surface area (Å²) in [6.07, 6.45) is 0.831. The lowest BCUT2D eigenvalue weighted by atomic mass is 9.97. The molecule has 3 aromatic rings. The molecule has 2 heteroatoms. The van der Waals surface area contributed by atoms with E-state index in [1.54, 1.807) is 0 Å². The van der Waals surface area contributed by atoms with Crippen LogP contribution in [-0.2, 0) is 11.0 Å². The molecule has 0 heterocycles. The Balaban J connectivity index is 1.93. The third-order valence-electron chi connectivity index (χ3n) is 3.94. The van der Waals surface area contributed by atoms with Crippen molar-refractivity contribution in [3.05, 3.63) is 84.4 Å². The van der Waals surface area contributed by atoms with E-state index in [1.807, 2.05) is 13.0 Å². The average molecular weight is 318 g/mol. The van der Waals surface area contributed by atoms with Crippen molar-refractivity contribution in [1.82, 2.24) is 0 Å². The predicted octanol–water partition coefficient (Wildman–Crippen LogP) is 6.24. The quantitative estimate of drug-likeness (QED) is 0.509. The van der Waals surface area contributed by atoms with Gasteiger partial charge in [0, 0.05) is 5.66 Å². The molecule has 0 N–H and O–H groups in total. The van der Waals surface area contributed by atoms with Gasteiger partial charge in [0.25, 0.3) is 0 Å². The zero-order chi connectivity index (χ0) is 16.1. The minimum absolute atomic E-state index is 0.154. The molecule has 0 aliphatic rings. The molecule has 0 aliphatic heterocycles. The smallest absolute Gasteiger partial charge is 0.158 e. The molecule has 0 radical (unpaired) electrons. The lowest BCUT2D eigenvalue weighted by Gasteiger charge is -2.09. The number of benzene rings is 3. The Morgan fingerprint density at radius 1 is 0.739 bits per heavy atom. The summed E-state index contributed by atoms with van der Waals surface area (Å²) in [6.45, 7) is 2.00. The highest BCUT2D eigenvalue weighted by Gasteiger charge is 2.06. The first kappa shape index (κ1) is 15.6. The van der Waals surface area contributed by atoms with Gasteiger partial charge in [0.05, 0.1) is 0 Å². The summed E-state index contributed by atoms with van der Waals surface area (Å²) in [7, 11) is 0.210. The van der Waals surface area contributed by atoms with Gasteiger partial charge < -0.3 is 0 Å². The first-order valence-corrected chi connectivity index (χ1v) is 8.71. The molecule has 0 aliphatic carbocycles. The second-order valence-electron chi connectivity index (χ2n) is 5.81. The Kier molecular flexibility index (Phi) is 5.00. The van der Waals surface area contributed by atoms with Crippen LogP contribution in [0.5, 0.6) is 0 Å². The number of hydrogen-bond donors (Lipinski definition) is 0. The highest BCUT2D eigenvalue weighted by molar-refractivity contribution is 7.24. The van der Waals surface area contributed by atoms with Gasteiger partial charge >= 0.3 is 0 Å². The Bertz CT molecular complexity index is 796. The van der Waals surface area contributed by atoms with Crippen molar-refractivity contribution in [1.29, 1.82) is 0 Å². The molecular formula is C21H19OP. The van der Waals surface area contributed by atoms with Crippen LogP contribution in [0, 0.1) is 0 Å². The van der Waals surface area contributed by atoms with Gasteiger partial charge in [-0.25, -0.2) is 0 Å². The van der Waals surface area contributed by atoms with Crippen molar-refractivity contribution >= 4 is 8.46 Å². The van der Waals surface area contributed by atoms with E-state index in [0.29, 0.717) is 0 Å². The van der Waals surface area contributed by atoms with Crippen LogP contribution in [0.4, 0.5) is 0 Å². The highest BCUT2D eigenvalue weighted by Crippen LogP contribution is 2.27. The molecule has 0 saturated carbocycles. The second kappa shape index (κ2) is 7.35. The minimum Gasteiger partial charge on any atom is -0.275 e. The molecule has 3 aromatic carbocycles. The van der Waals surface area contributed by atoms with E-state index < -0.39 is 0 Å². The average Bonchev–Trinajstić information content (AvgIpc) is 2.63. The Hall–Kier alpha value is -2.24. The van der Waals surface area contributed by atoms with E-state index in [4.69, 9.17) is 0 Å². The van der Waals surface area contributed by atoms with Gasteiger partial charge in [-0.3, -0.25) is 4.57 Å². The summed E-state index contributed by atoms with van der Waals surface area (Å²) in [5.74, 6) is 0. The molecule has 1 nitrogen and oxygen atoms in total. The Labute approximate surface area is 139 Å². The van der Waals surface area contributed by atoms with E-state index in [1.165, 1.54) is 27.8 Å². The molecule has 0 fully saturated rings. The zero-order valence-electron chi connectivity index (χ0n) is 13.1. The molecule has 1 atom stereocenters. The minimum atomic E-state index is 0.154. The molecule has 1 unspecified atom stereocenters. The molecule has 23 heavy (non-hydrogen) atoms. The van der Waals surface area contributed by atoms with Crippen LogP contribution in [0.25, 0.3) is 22.3 Å². The SMILES string of the molecule is CC(Cc1cccc(-c2cccc(-c3ccccc3)c2)c1)P=O. The fourth-order valence-electron chi connectivity index (χ4n) is 2.77. The standard InChI is InChI=1S/C21H19OP/c1-16(23-22)13-17-7-5-10-19(14-17)21-12-6-11-20(15-21)18-8-3-2-4-9-18/h2-12,14-16H,13H2,1H3. The largest absolute Gasteiger partial charge is 0.275 e. The van der Waals surface area contributed by atoms with Crippen molar-refractivity contribution in [2.45, 2.75) is 19.0 Å². The van der Waals surface area contributed by atoms with E-state index in [0.717, 1.165) is 6.42 Å². The van der Waals surface area contributed by atoms with E-state index >= 15 is 0 Å². The third kappa shape index (κ3) is 3.94. The van der Waals surface area contributed by atoms with E-state index in [2.05, 4.69) is 72.8 Å². The lowest BCUT2D eigenvalue weighted by Crippen LogP contribution is -1.97. The molecule has 0 spiro atoms. The first-order valence-electron chi connectivity index (χ1n) is 7.83. The van der Waals surface area contributed by atoms with Crippen LogP contribution in [0.3, 0.4) is 0 Å². The molecule has 3 rings (SSSR count). The maximum atomic E-state index is 11.0. The van der Waals surface area contributed by atoms with Crippen molar-refractivity contribution in [3.8, 4) is 22.3 Å². The Morgan fingerprint density at radius 2 is 1.30 bits per heavy atom. The van der Waals surface area contributed by atoms with Gasteiger partial charge in [-0.15, -0.1) is 0 Å². The van der Waals surface area contributed by atoms with Crippen LogP contribution in [0.2, 0.25) is 0 Å². The topological polar surface area (TPSA) is 17.1 Å². The fraction of sp³-hybridized carbons (Fsp3) is 0.143. The van der Waals surface area contributed by atoms with Crippen LogP contribution >= 0.6 is 8.46 Å². The van der Waals surface area contributed by atoms with Gasteiger partial charge in [-0.2, -0.15) is 0 Å². The lowest BCUT2D eigenvalue weighted by molar-refractivity contribution is 0.592. The summed E-state index contributed by atoms with van der Waals surface area (Å²) in [5.41, 5.74) is 6.24. The fourth-order valence-corrected chi connectivity index (χ4v) is 3.05. The van der Waals surface area contributed by atoms with Crippen molar-refractivity contribution < 1.29 is 4.57 Å². The molecule has 0 saturated heterocycles. The number of rotatable bonds is 5. The molecule has 114 valence electrons. The van der Waals surface area contributed by atoms with Crippen LogP contribution in [0.15, 0.2) is 78.9 Å². The normalized spacial score (nSPS) is 12.2. The molecule has 0 bridgehead atoms.